The molecule has 1 aliphatic carbocycles. The van der Waals surface area contributed by atoms with Crippen molar-refractivity contribution in [1.82, 2.24) is 10.2 Å². The van der Waals surface area contributed by atoms with Crippen molar-refractivity contribution in [2.45, 2.75) is 39.0 Å². The van der Waals surface area contributed by atoms with Gasteiger partial charge in [-0.1, -0.05) is 18.9 Å². The summed E-state index contributed by atoms with van der Waals surface area (Å²) in [6, 6.07) is 7.45. The van der Waals surface area contributed by atoms with Gasteiger partial charge < -0.3 is 20.3 Å². The Morgan fingerprint density at radius 1 is 1.31 bits per heavy atom. The smallest absolute Gasteiger partial charge is 0.221 e. The Labute approximate surface area is 156 Å². The van der Waals surface area contributed by atoms with Crippen molar-refractivity contribution in [3.63, 3.8) is 0 Å². The monoisotopic (exact) mass is 358 g/mol. The summed E-state index contributed by atoms with van der Waals surface area (Å²) in [6.07, 6.45) is 6.79. The molecule has 0 radical (unpaired) electrons. The summed E-state index contributed by atoms with van der Waals surface area (Å²) in [5.41, 5.74) is 1.29. The third-order valence-electron chi connectivity index (χ3n) is 5.42. The highest BCUT2D eigenvalue weighted by molar-refractivity contribution is 5.88. The first-order valence-corrected chi connectivity index (χ1v) is 9.56. The Kier molecular flexibility index (Phi) is 6.01. The molecular weight excluding hydrogens is 328 g/mol. The van der Waals surface area contributed by atoms with Crippen LogP contribution in [0.5, 0.6) is 5.75 Å². The second-order valence-electron chi connectivity index (χ2n) is 7.41. The molecule has 1 aromatic rings. The van der Waals surface area contributed by atoms with Crippen LogP contribution < -0.4 is 15.4 Å². The molecule has 1 saturated carbocycles. The molecule has 2 aliphatic rings. The summed E-state index contributed by atoms with van der Waals surface area (Å²) < 4.78 is 5.79. The molecule has 1 saturated heterocycles. The lowest BCUT2D eigenvalue weighted by atomic mass is 9.86. The molecule has 2 fully saturated rings. The lowest BCUT2D eigenvalue weighted by Gasteiger charge is -2.25. The second-order valence-corrected chi connectivity index (χ2v) is 7.41. The van der Waals surface area contributed by atoms with Crippen molar-refractivity contribution >= 4 is 17.6 Å². The quantitative estimate of drug-likeness (QED) is 0.483. The molecule has 1 aromatic carbocycles. The Morgan fingerprint density at radius 2 is 2.12 bits per heavy atom. The van der Waals surface area contributed by atoms with Crippen LogP contribution in [0.15, 0.2) is 29.3 Å². The number of amides is 1. The summed E-state index contributed by atoms with van der Waals surface area (Å²) in [5, 5.41) is 6.18. The van der Waals surface area contributed by atoms with Gasteiger partial charge in [0, 0.05) is 38.8 Å². The zero-order valence-electron chi connectivity index (χ0n) is 15.9. The molecule has 6 heteroatoms. The fourth-order valence-corrected chi connectivity index (χ4v) is 4.18. The third kappa shape index (κ3) is 4.68. The molecular formula is C20H30N4O2. The van der Waals surface area contributed by atoms with Crippen LogP contribution in [0.4, 0.5) is 5.69 Å². The van der Waals surface area contributed by atoms with Crippen LogP contribution in [0, 0.1) is 5.41 Å². The number of ether oxygens (including phenoxy) is 1. The third-order valence-corrected chi connectivity index (χ3v) is 5.42. The molecule has 0 atom stereocenters. The van der Waals surface area contributed by atoms with Crippen molar-refractivity contribution in [2.24, 2.45) is 10.4 Å². The first-order valence-electron chi connectivity index (χ1n) is 9.56. The van der Waals surface area contributed by atoms with E-state index in [9.17, 15) is 4.79 Å². The standard InChI is InChI=1S/C20H30N4O2/c1-16(25)23-17-6-5-7-18(14-17)26-13-11-22-19(21-2)24-12-10-20(15-24)8-3-4-9-20/h5-7,14H,3-4,8-13,15H2,1-2H3,(H,21,22)(H,23,25). The zero-order chi connectivity index (χ0) is 18.4. The van der Waals surface area contributed by atoms with E-state index >= 15 is 0 Å². The molecule has 1 aliphatic heterocycles. The molecule has 142 valence electrons. The maximum atomic E-state index is 11.1. The fraction of sp³-hybridized carbons (Fsp3) is 0.600. The summed E-state index contributed by atoms with van der Waals surface area (Å²) in [6.45, 7) is 4.96. The van der Waals surface area contributed by atoms with E-state index in [-0.39, 0.29) is 5.91 Å². The molecule has 1 spiro atoms. The van der Waals surface area contributed by atoms with E-state index in [4.69, 9.17) is 4.74 Å². The number of likely N-dealkylation sites (tertiary alicyclic amines) is 1. The lowest BCUT2D eigenvalue weighted by Crippen LogP contribution is -2.42. The number of aliphatic imine (C=N–C) groups is 1. The Hall–Kier alpha value is -2.24. The number of hydrogen-bond acceptors (Lipinski definition) is 3. The molecule has 0 aromatic heterocycles. The highest BCUT2D eigenvalue weighted by Crippen LogP contribution is 2.45. The fourth-order valence-electron chi connectivity index (χ4n) is 4.18. The van der Waals surface area contributed by atoms with Gasteiger partial charge >= 0.3 is 0 Å². The molecule has 1 heterocycles. The first-order chi connectivity index (χ1) is 12.6. The van der Waals surface area contributed by atoms with Crippen molar-refractivity contribution in [3.05, 3.63) is 24.3 Å². The van der Waals surface area contributed by atoms with Crippen LogP contribution >= 0.6 is 0 Å². The number of guanidine groups is 1. The van der Waals surface area contributed by atoms with Gasteiger partial charge in [0.2, 0.25) is 5.91 Å². The SMILES string of the molecule is CN=C(NCCOc1cccc(NC(C)=O)c1)N1CCC2(CCCC2)C1. The number of carbonyl (C=O) groups is 1. The molecule has 1 amide bonds. The molecule has 2 N–H and O–H groups in total. The van der Waals surface area contributed by atoms with E-state index < -0.39 is 0 Å². The maximum Gasteiger partial charge on any atom is 0.221 e. The van der Waals surface area contributed by atoms with Crippen LogP contribution in [0.3, 0.4) is 0 Å². The summed E-state index contributed by atoms with van der Waals surface area (Å²) in [5.74, 6) is 1.64. The summed E-state index contributed by atoms with van der Waals surface area (Å²) >= 11 is 0. The summed E-state index contributed by atoms with van der Waals surface area (Å²) in [4.78, 5) is 18.0. The van der Waals surface area contributed by atoms with Crippen LogP contribution in [0.2, 0.25) is 0 Å². The number of anilines is 1. The van der Waals surface area contributed by atoms with E-state index in [1.807, 2.05) is 31.3 Å². The Morgan fingerprint density at radius 3 is 2.85 bits per heavy atom. The lowest BCUT2D eigenvalue weighted by molar-refractivity contribution is -0.114. The van der Waals surface area contributed by atoms with Crippen LogP contribution in [-0.2, 0) is 4.79 Å². The predicted molar refractivity (Wildman–Crippen MR) is 105 cm³/mol. The van der Waals surface area contributed by atoms with E-state index in [1.165, 1.54) is 39.0 Å². The molecule has 3 rings (SSSR count). The maximum absolute atomic E-state index is 11.1. The van der Waals surface area contributed by atoms with E-state index in [0.29, 0.717) is 18.6 Å². The zero-order valence-corrected chi connectivity index (χ0v) is 15.9. The van der Waals surface area contributed by atoms with Gasteiger partial charge in [-0.2, -0.15) is 0 Å². The van der Waals surface area contributed by atoms with Crippen molar-refractivity contribution in [1.29, 1.82) is 0 Å². The number of nitrogens with one attached hydrogen (secondary N) is 2. The van der Waals surface area contributed by atoms with Gasteiger partial charge in [-0.25, -0.2) is 0 Å². The average Bonchev–Trinajstić information content (AvgIpc) is 3.25. The van der Waals surface area contributed by atoms with Crippen molar-refractivity contribution in [2.75, 3.05) is 38.6 Å². The number of rotatable bonds is 5. The number of hydrogen-bond donors (Lipinski definition) is 2. The Balaban J connectivity index is 1.43. The van der Waals surface area contributed by atoms with Gasteiger partial charge in [0.15, 0.2) is 5.96 Å². The van der Waals surface area contributed by atoms with E-state index in [1.54, 1.807) is 0 Å². The van der Waals surface area contributed by atoms with Crippen molar-refractivity contribution < 1.29 is 9.53 Å². The van der Waals surface area contributed by atoms with Gasteiger partial charge in [-0.15, -0.1) is 0 Å². The largest absolute Gasteiger partial charge is 0.492 e. The van der Waals surface area contributed by atoms with E-state index in [2.05, 4.69) is 20.5 Å². The molecule has 0 unspecified atom stereocenters. The molecule has 6 nitrogen and oxygen atoms in total. The first kappa shape index (κ1) is 18.5. The van der Waals surface area contributed by atoms with Gasteiger partial charge in [0.1, 0.15) is 12.4 Å². The summed E-state index contributed by atoms with van der Waals surface area (Å²) in [7, 11) is 1.85. The van der Waals surface area contributed by atoms with E-state index in [0.717, 1.165) is 30.5 Å². The second kappa shape index (κ2) is 8.43. The van der Waals surface area contributed by atoms with Gasteiger partial charge in [0.25, 0.3) is 0 Å². The average molecular weight is 358 g/mol. The minimum absolute atomic E-state index is 0.0849. The van der Waals surface area contributed by atoms with Crippen LogP contribution in [0.1, 0.15) is 39.0 Å². The van der Waals surface area contributed by atoms with Crippen LogP contribution in [0.25, 0.3) is 0 Å². The van der Waals surface area contributed by atoms with Gasteiger partial charge in [-0.05, 0) is 36.8 Å². The highest BCUT2D eigenvalue weighted by Gasteiger charge is 2.40. The molecule has 26 heavy (non-hydrogen) atoms. The number of carbonyl (C=O) groups excluding carboxylic acids is 1. The number of nitrogens with zero attached hydrogens (tertiary/aromatic N) is 2. The predicted octanol–water partition coefficient (Wildman–Crippen LogP) is 2.87. The highest BCUT2D eigenvalue weighted by atomic mass is 16.5. The molecule has 0 bridgehead atoms. The number of benzene rings is 1. The topological polar surface area (TPSA) is 66.0 Å². The minimum Gasteiger partial charge on any atom is -0.492 e. The van der Waals surface area contributed by atoms with Crippen molar-refractivity contribution in [3.8, 4) is 5.75 Å². The normalized spacial score (nSPS) is 19.0. The minimum atomic E-state index is -0.0849. The van der Waals surface area contributed by atoms with Gasteiger partial charge in [-0.3, -0.25) is 9.79 Å². The Bertz CT molecular complexity index is 653. The van der Waals surface area contributed by atoms with Crippen LogP contribution in [-0.4, -0.2) is 50.1 Å². The van der Waals surface area contributed by atoms with Gasteiger partial charge in [0.05, 0.1) is 6.54 Å².